The van der Waals surface area contributed by atoms with E-state index in [1.165, 1.54) is 22.8 Å². The lowest BCUT2D eigenvalue weighted by atomic mass is 9.58. The van der Waals surface area contributed by atoms with E-state index in [4.69, 9.17) is 4.74 Å². The minimum Gasteiger partial charge on any atom is -0.392 e. The Balaban J connectivity index is 1.29. The molecule has 2 atom stereocenters. The monoisotopic (exact) mass is 353 g/mol. The summed E-state index contributed by atoms with van der Waals surface area (Å²) in [7, 11) is 0. The van der Waals surface area contributed by atoms with Crippen molar-refractivity contribution in [3.63, 3.8) is 0 Å². The van der Waals surface area contributed by atoms with E-state index >= 15 is 0 Å². The molecular weight excluding hydrogens is 322 g/mol. The molecule has 2 fully saturated rings. The van der Waals surface area contributed by atoms with Gasteiger partial charge in [0.25, 0.3) is 0 Å². The summed E-state index contributed by atoms with van der Waals surface area (Å²) >= 11 is 0. The van der Waals surface area contributed by atoms with Crippen LogP contribution in [0.4, 0.5) is 0 Å². The summed E-state index contributed by atoms with van der Waals surface area (Å²) in [5.41, 5.74) is 1.50. The molecule has 0 amide bonds. The first-order valence-corrected chi connectivity index (χ1v) is 10.2. The van der Waals surface area contributed by atoms with Gasteiger partial charge in [-0.3, -0.25) is 0 Å². The van der Waals surface area contributed by atoms with Crippen LogP contribution in [0.25, 0.3) is 10.8 Å². The van der Waals surface area contributed by atoms with Crippen molar-refractivity contribution < 1.29 is 9.84 Å². The zero-order valence-electron chi connectivity index (χ0n) is 15.9. The smallest absolute Gasteiger partial charge is 0.0681 e. The van der Waals surface area contributed by atoms with Crippen molar-refractivity contribution in [3.8, 4) is 0 Å². The Bertz CT molecular complexity index is 729. The third-order valence-electron chi connectivity index (χ3n) is 6.70. The Labute approximate surface area is 157 Å². The number of aliphatic hydroxyl groups is 1. The molecule has 1 saturated heterocycles. The summed E-state index contributed by atoms with van der Waals surface area (Å²) in [6.07, 6.45) is 5.43. The maximum Gasteiger partial charge on any atom is 0.0681 e. The predicted molar refractivity (Wildman–Crippen MR) is 106 cm³/mol. The molecule has 1 spiro atoms. The maximum atomic E-state index is 10.3. The van der Waals surface area contributed by atoms with E-state index in [0.29, 0.717) is 0 Å². The molecule has 0 aromatic heterocycles. The number of hydrogen-bond donors (Lipinski definition) is 1. The molecule has 1 heterocycles. The number of hydrogen-bond acceptors (Lipinski definition) is 3. The van der Waals surface area contributed by atoms with Crippen molar-refractivity contribution in [2.24, 2.45) is 5.41 Å². The number of piperidine rings is 1. The zero-order chi connectivity index (χ0) is 18.0. The summed E-state index contributed by atoms with van der Waals surface area (Å²) in [6.45, 7) is 6.15. The van der Waals surface area contributed by atoms with E-state index in [-0.39, 0.29) is 17.6 Å². The number of ether oxygens (including phenoxy) is 1. The van der Waals surface area contributed by atoms with Gasteiger partial charge in [-0.2, -0.15) is 0 Å². The molecular formula is C23H31NO2. The first-order chi connectivity index (χ1) is 12.7. The van der Waals surface area contributed by atoms with Crippen LogP contribution in [-0.4, -0.2) is 48.5 Å². The first-order valence-electron chi connectivity index (χ1n) is 10.2. The summed E-state index contributed by atoms with van der Waals surface area (Å²) in [4.78, 5) is 2.57. The van der Waals surface area contributed by atoms with Crippen LogP contribution in [0.1, 0.15) is 38.2 Å². The number of benzene rings is 2. The molecule has 140 valence electrons. The van der Waals surface area contributed by atoms with E-state index in [1.807, 2.05) is 0 Å². The number of aryl methyl sites for hydroxylation is 1. The topological polar surface area (TPSA) is 32.7 Å². The van der Waals surface area contributed by atoms with Gasteiger partial charge in [0.1, 0.15) is 0 Å². The highest BCUT2D eigenvalue weighted by atomic mass is 16.5. The predicted octanol–water partition coefficient (Wildman–Crippen LogP) is 4.02. The van der Waals surface area contributed by atoms with E-state index in [1.54, 1.807) is 0 Å². The number of rotatable bonds is 6. The molecule has 26 heavy (non-hydrogen) atoms. The van der Waals surface area contributed by atoms with E-state index in [2.05, 4.69) is 54.3 Å². The van der Waals surface area contributed by atoms with Gasteiger partial charge in [-0.15, -0.1) is 0 Å². The lowest BCUT2D eigenvalue weighted by Gasteiger charge is -2.56. The third-order valence-corrected chi connectivity index (χ3v) is 6.70. The Morgan fingerprint density at radius 3 is 2.65 bits per heavy atom. The maximum absolute atomic E-state index is 10.3. The lowest BCUT2D eigenvalue weighted by Crippen LogP contribution is -2.62. The van der Waals surface area contributed by atoms with Crippen LogP contribution in [0.15, 0.2) is 42.5 Å². The van der Waals surface area contributed by atoms with Crippen molar-refractivity contribution >= 4 is 10.8 Å². The SMILES string of the molecule is CCOC1CC(O)C12CCN(CCCc1cccc3ccccc13)CC2. The molecule has 2 aromatic carbocycles. The van der Waals surface area contributed by atoms with Gasteiger partial charge in [0.2, 0.25) is 0 Å². The first kappa shape index (κ1) is 18.0. The van der Waals surface area contributed by atoms with Crippen LogP contribution in [0.5, 0.6) is 0 Å². The highest BCUT2D eigenvalue weighted by Crippen LogP contribution is 2.50. The number of fused-ring (bicyclic) bond motifs is 1. The number of nitrogens with zero attached hydrogens (tertiary/aromatic N) is 1. The van der Waals surface area contributed by atoms with Crippen LogP contribution in [0, 0.1) is 5.41 Å². The number of aliphatic hydroxyl groups excluding tert-OH is 1. The molecule has 1 N–H and O–H groups in total. The van der Waals surface area contributed by atoms with E-state index in [0.717, 1.165) is 51.9 Å². The second-order valence-electron chi connectivity index (χ2n) is 8.01. The quantitative estimate of drug-likeness (QED) is 0.851. The van der Waals surface area contributed by atoms with Crippen LogP contribution in [0.3, 0.4) is 0 Å². The van der Waals surface area contributed by atoms with E-state index in [9.17, 15) is 5.11 Å². The standard InChI is InChI=1S/C23H31NO2/c1-2-26-22-17-21(25)23(22)12-15-24(16-13-23)14-6-10-19-9-5-8-18-7-3-4-11-20(18)19/h3-5,7-9,11,21-22,25H,2,6,10,12-17H2,1H3. The van der Waals surface area contributed by atoms with Gasteiger partial charge in [-0.25, -0.2) is 0 Å². The highest BCUT2D eigenvalue weighted by molar-refractivity contribution is 5.85. The summed E-state index contributed by atoms with van der Waals surface area (Å²) in [5.74, 6) is 0. The molecule has 2 unspecified atom stereocenters. The molecule has 2 aromatic rings. The molecule has 1 saturated carbocycles. The Morgan fingerprint density at radius 1 is 1.12 bits per heavy atom. The van der Waals surface area contributed by atoms with Gasteiger partial charge >= 0.3 is 0 Å². The fraction of sp³-hybridized carbons (Fsp3) is 0.565. The lowest BCUT2D eigenvalue weighted by molar-refractivity contribution is -0.209. The molecule has 3 nitrogen and oxygen atoms in total. The van der Waals surface area contributed by atoms with Crippen molar-refractivity contribution in [2.75, 3.05) is 26.2 Å². The van der Waals surface area contributed by atoms with Gasteiger partial charge in [0.15, 0.2) is 0 Å². The minimum absolute atomic E-state index is 0.0438. The van der Waals surface area contributed by atoms with Gasteiger partial charge in [-0.05, 0) is 68.6 Å². The third kappa shape index (κ3) is 3.28. The molecule has 4 rings (SSSR count). The fourth-order valence-corrected chi connectivity index (χ4v) is 5.01. The summed E-state index contributed by atoms with van der Waals surface area (Å²) in [5, 5.41) is 13.1. The van der Waals surface area contributed by atoms with Gasteiger partial charge in [0, 0.05) is 18.4 Å². The average molecular weight is 354 g/mol. The Morgan fingerprint density at radius 2 is 1.88 bits per heavy atom. The van der Waals surface area contributed by atoms with Crippen molar-refractivity contribution in [3.05, 3.63) is 48.0 Å². The average Bonchev–Trinajstić information content (AvgIpc) is 2.68. The Kier molecular flexibility index (Phi) is 5.30. The van der Waals surface area contributed by atoms with Crippen LogP contribution >= 0.6 is 0 Å². The second-order valence-corrected chi connectivity index (χ2v) is 8.01. The van der Waals surface area contributed by atoms with Gasteiger partial charge in [-0.1, -0.05) is 42.5 Å². The van der Waals surface area contributed by atoms with Crippen LogP contribution < -0.4 is 0 Å². The largest absolute Gasteiger partial charge is 0.392 e. The minimum atomic E-state index is -0.156. The van der Waals surface area contributed by atoms with Crippen molar-refractivity contribution in [1.29, 1.82) is 0 Å². The second kappa shape index (κ2) is 7.67. The molecule has 1 aliphatic carbocycles. The molecule has 2 aliphatic rings. The number of likely N-dealkylation sites (tertiary alicyclic amines) is 1. The van der Waals surface area contributed by atoms with Gasteiger partial charge in [0.05, 0.1) is 12.2 Å². The van der Waals surface area contributed by atoms with Crippen LogP contribution in [-0.2, 0) is 11.2 Å². The van der Waals surface area contributed by atoms with Crippen molar-refractivity contribution in [2.45, 2.75) is 51.2 Å². The molecule has 0 bridgehead atoms. The molecule has 3 heteroatoms. The normalized spacial score (nSPS) is 25.5. The van der Waals surface area contributed by atoms with Crippen LogP contribution in [0.2, 0.25) is 0 Å². The highest BCUT2D eigenvalue weighted by Gasteiger charge is 2.55. The zero-order valence-corrected chi connectivity index (χ0v) is 15.9. The summed E-state index contributed by atoms with van der Waals surface area (Å²) in [6, 6.07) is 15.3. The van der Waals surface area contributed by atoms with E-state index < -0.39 is 0 Å². The Hall–Kier alpha value is -1.42. The van der Waals surface area contributed by atoms with Gasteiger partial charge < -0.3 is 14.7 Å². The van der Waals surface area contributed by atoms with Crippen molar-refractivity contribution in [1.82, 2.24) is 4.90 Å². The summed E-state index contributed by atoms with van der Waals surface area (Å²) < 4.78 is 5.88. The molecule has 1 aliphatic heterocycles. The fourth-order valence-electron chi connectivity index (χ4n) is 5.01. The molecule has 0 radical (unpaired) electrons.